The molecular weight excluding hydrogens is 426 g/mol. The second-order valence-electron chi connectivity index (χ2n) is 9.82. The highest BCUT2D eigenvalue weighted by Gasteiger charge is 2.22. The molecule has 0 radical (unpaired) electrons. The topological polar surface area (TPSA) is 25.8 Å². The Bertz CT molecular complexity index is 1020. The average Bonchev–Trinajstić information content (AvgIpc) is 2.88. The summed E-state index contributed by atoms with van der Waals surface area (Å²) in [4.78, 5) is 8.72. The molecule has 2 aromatic carbocycles. The van der Waals surface area contributed by atoms with Crippen molar-refractivity contribution in [3.8, 4) is 22.5 Å². The van der Waals surface area contributed by atoms with Gasteiger partial charge in [-0.05, 0) is 66.8 Å². The summed E-state index contributed by atoms with van der Waals surface area (Å²) in [5.41, 5.74) is 3.88. The van der Waals surface area contributed by atoms with E-state index < -0.39 is 11.6 Å². The van der Waals surface area contributed by atoms with E-state index in [-0.39, 0.29) is 0 Å². The number of hydrogen-bond donors (Lipinski definition) is 0. The predicted octanol–water partition coefficient (Wildman–Crippen LogP) is 9.11. The van der Waals surface area contributed by atoms with Gasteiger partial charge in [0, 0.05) is 23.5 Å². The van der Waals surface area contributed by atoms with Crippen molar-refractivity contribution >= 4 is 0 Å². The van der Waals surface area contributed by atoms with Crippen LogP contribution in [0.5, 0.6) is 0 Å². The Balaban J connectivity index is 1.28. The lowest BCUT2D eigenvalue weighted by atomic mass is 9.77. The van der Waals surface area contributed by atoms with Crippen LogP contribution in [0.3, 0.4) is 0 Å². The summed E-state index contributed by atoms with van der Waals surface area (Å²) in [7, 11) is 0. The number of unbranched alkanes of at least 4 members (excludes halogenated alkanes) is 5. The van der Waals surface area contributed by atoms with Crippen molar-refractivity contribution < 1.29 is 8.78 Å². The van der Waals surface area contributed by atoms with Gasteiger partial charge in [0.15, 0.2) is 17.5 Å². The highest BCUT2D eigenvalue weighted by molar-refractivity contribution is 5.64. The number of hydrogen-bond acceptors (Lipinski definition) is 2. The van der Waals surface area contributed by atoms with Crippen molar-refractivity contribution in [2.75, 3.05) is 0 Å². The number of aromatic nitrogens is 2. The van der Waals surface area contributed by atoms with E-state index in [0.717, 1.165) is 29.2 Å². The van der Waals surface area contributed by atoms with Gasteiger partial charge in [0.1, 0.15) is 0 Å². The molecule has 1 aliphatic rings. The first kappa shape index (κ1) is 24.5. The molecule has 1 aromatic heterocycles. The maximum Gasteiger partial charge on any atom is 0.159 e. The molecule has 0 amide bonds. The van der Waals surface area contributed by atoms with E-state index in [1.54, 1.807) is 12.4 Å². The van der Waals surface area contributed by atoms with E-state index in [9.17, 15) is 8.78 Å². The van der Waals surface area contributed by atoms with Gasteiger partial charge in [0.2, 0.25) is 0 Å². The maximum atomic E-state index is 13.5. The maximum absolute atomic E-state index is 13.5. The van der Waals surface area contributed by atoms with Crippen molar-refractivity contribution in [3.63, 3.8) is 0 Å². The van der Waals surface area contributed by atoms with E-state index in [1.807, 2.05) is 0 Å². The summed E-state index contributed by atoms with van der Waals surface area (Å²) in [6.07, 6.45) is 18.6. The molecule has 4 heteroatoms. The summed E-state index contributed by atoms with van der Waals surface area (Å²) in [5, 5.41) is 0. The van der Waals surface area contributed by atoms with Gasteiger partial charge < -0.3 is 0 Å². The van der Waals surface area contributed by atoms with E-state index in [2.05, 4.69) is 41.2 Å². The molecular formula is C30H36F2N2. The van der Waals surface area contributed by atoms with Gasteiger partial charge in [-0.15, -0.1) is 0 Å². The molecule has 0 saturated heterocycles. The smallest absolute Gasteiger partial charge is 0.159 e. The number of nitrogens with zero attached hydrogens (tertiary/aromatic N) is 2. The van der Waals surface area contributed by atoms with Gasteiger partial charge in [-0.2, -0.15) is 0 Å². The molecule has 1 saturated carbocycles. The lowest BCUT2D eigenvalue weighted by Gasteiger charge is -2.29. The fraction of sp³-hybridized carbons (Fsp3) is 0.467. The predicted molar refractivity (Wildman–Crippen MR) is 136 cm³/mol. The Morgan fingerprint density at radius 2 is 1.35 bits per heavy atom. The van der Waals surface area contributed by atoms with Crippen molar-refractivity contribution in [1.29, 1.82) is 0 Å². The Labute approximate surface area is 202 Å². The normalized spacial score (nSPS) is 18.2. The third kappa shape index (κ3) is 6.49. The van der Waals surface area contributed by atoms with Gasteiger partial charge in [-0.1, -0.05) is 76.1 Å². The molecule has 1 aliphatic carbocycles. The average molecular weight is 463 g/mol. The molecule has 0 aliphatic heterocycles. The molecule has 4 rings (SSSR count). The lowest BCUT2D eigenvalue weighted by Crippen LogP contribution is -2.13. The van der Waals surface area contributed by atoms with Gasteiger partial charge in [-0.25, -0.2) is 18.7 Å². The Hall–Kier alpha value is -2.62. The SMILES string of the molecule is CCCCCCCC[C@H]1CC[C@H](c2ccc(-c3cnc(-c4ccc(F)c(F)c4)nc3)cc2)CC1. The number of rotatable bonds is 10. The Morgan fingerprint density at radius 1 is 0.706 bits per heavy atom. The van der Waals surface area contributed by atoms with Crippen LogP contribution in [-0.2, 0) is 0 Å². The zero-order valence-electron chi connectivity index (χ0n) is 20.3. The standard InChI is InChI=1S/C30H36F2N2/c1-2-3-4-5-6-7-8-22-9-11-23(12-10-22)24-13-15-25(16-14-24)27-20-33-30(34-21-27)26-17-18-28(31)29(32)19-26/h13-23H,2-12H2,1H3/t22-,23-. The summed E-state index contributed by atoms with van der Waals surface area (Å²) in [6.45, 7) is 2.28. The summed E-state index contributed by atoms with van der Waals surface area (Å²) >= 11 is 0. The number of benzene rings is 2. The van der Waals surface area contributed by atoms with Gasteiger partial charge >= 0.3 is 0 Å². The largest absolute Gasteiger partial charge is 0.236 e. The first-order valence-corrected chi connectivity index (χ1v) is 13.0. The summed E-state index contributed by atoms with van der Waals surface area (Å²) in [5.74, 6) is 0.217. The molecule has 0 atom stereocenters. The highest BCUT2D eigenvalue weighted by atomic mass is 19.2. The van der Waals surface area contributed by atoms with Gasteiger partial charge in [-0.3, -0.25) is 0 Å². The zero-order valence-corrected chi connectivity index (χ0v) is 20.3. The van der Waals surface area contributed by atoms with Crippen molar-refractivity contribution in [3.05, 3.63) is 72.1 Å². The molecule has 2 nitrogen and oxygen atoms in total. The second kappa shape index (κ2) is 12.2. The van der Waals surface area contributed by atoms with Crippen LogP contribution >= 0.6 is 0 Å². The van der Waals surface area contributed by atoms with Gasteiger partial charge in [0.05, 0.1) is 0 Å². The molecule has 0 N–H and O–H groups in total. The zero-order chi connectivity index (χ0) is 23.8. The van der Waals surface area contributed by atoms with Crippen molar-refractivity contribution in [1.82, 2.24) is 9.97 Å². The highest BCUT2D eigenvalue weighted by Crippen LogP contribution is 2.38. The summed E-state index contributed by atoms with van der Waals surface area (Å²) in [6, 6.07) is 12.5. The van der Waals surface area contributed by atoms with Crippen LogP contribution in [0.15, 0.2) is 54.9 Å². The monoisotopic (exact) mass is 462 g/mol. The van der Waals surface area contributed by atoms with Crippen LogP contribution in [0.4, 0.5) is 8.78 Å². The molecule has 3 aromatic rings. The third-order valence-corrected chi connectivity index (χ3v) is 7.36. The lowest BCUT2D eigenvalue weighted by molar-refractivity contribution is 0.302. The molecule has 34 heavy (non-hydrogen) atoms. The van der Waals surface area contributed by atoms with Gasteiger partial charge in [0.25, 0.3) is 0 Å². The quantitative estimate of drug-likeness (QED) is 0.281. The number of halogens is 2. The van der Waals surface area contributed by atoms with Crippen LogP contribution in [-0.4, -0.2) is 9.97 Å². The third-order valence-electron chi connectivity index (χ3n) is 7.36. The minimum absolute atomic E-state index is 0.386. The van der Waals surface area contributed by atoms with Crippen molar-refractivity contribution in [2.24, 2.45) is 5.92 Å². The molecule has 0 bridgehead atoms. The minimum Gasteiger partial charge on any atom is -0.236 e. The van der Waals surface area contributed by atoms with E-state index >= 15 is 0 Å². The van der Waals surface area contributed by atoms with Crippen LogP contribution in [0.2, 0.25) is 0 Å². The van der Waals surface area contributed by atoms with E-state index in [1.165, 1.54) is 82.3 Å². The van der Waals surface area contributed by atoms with Crippen LogP contribution in [0, 0.1) is 17.6 Å². The Kier molecular flexibility index (Phi) is 8.79. The Morgan fingerprint density at radius 3 is 2.03 bits per heavy atom. The fourth-order valence-electron chi connectivity index (χ4n) is 5.21. The first-order chi connectivity index (χ1) is 16.6. The van der Waals surface area contributed by atoms with Crippen LogP contribution in [0.1, 0.15) is 89.0 Å². The molecule has 180 valence electrons. The summed E-state index contributed by atoms with van der Waals surface area (Å²) < 4.78 is 26.7. The second-order valence-corrected chi connectivity index (χ2v) is 9.82. The fourth-order valence-corrected chi connectivity index (χ4v) is 5.21. The molecule has 1 heterocycles. The van der Waals surface area contributed by atoms with E-state index in [0.29, 0.717) is 17.3 Å². The van der Waals surface area contributed by atoms with Crippen LogP contribution in [0.25, 0.3) is 22.5 Å². The molecule has 0 spiro atoms. The van der Waals surface area contributed by atoms with E-state index in [4.69, 9.17) is 0 Å². The molecule has 1 fully saturated rings. The van der Waals surface area contributed by atoms with Crippen LogP contribution < -0.4 is 0 Å². The molecule has 0 unspecified atom stereocenters. The first-order valence-electron chi connectivity index (χ1n) is 13.0. The van der Waals surface area contributed by atoms with Crippen molar-refractivity contribution in [2.45, 2.75) is 83.5 Å². The minimum atomic E-state index is -0.891.